The normalized spacial score (nSPS) is 11.2. The number of esters is 1. The number of ether oxygens (including phenoxy) is 1. The van der Waals surface area contributed by atoms with Crippen LogP contribution in [0.3, 0.4) is 0 Å². The quantitative estimate of drug-likeness (QED) is 0.449. The van der Waals surface area contributed by atoms with Gasteiger partial charge in [0, 0.05) is 12.1 Å². The minimum Gasteiger partial charge on any atom is -0.458 e. The van der Waals surface area contributed by atoms with E-state index in [4.69, 9.17) is 15.4 Å². The van der Waals surface area contributed by atoms with E-state index in [0.29, 0.717) is 4.88 Å². The Morgan fingerprint density at radius 3 is 2.67 bits per heavy atom. The summed E-state index contributed by atoms with van der Waals surface area (Å²) in [4.78, 5) is 35.2. The maximum Gasteiger partial charge on any atom is 0.306 e. The second-order valence-electron chi connectivity index (χ2n) is 4.27. The maximum atomic E-state index is 11.7. The third kappa shape index (κ3) is 5.28. The van der Waals surface area contributed by atoms with Gasteiger partial charge in [0.15, 0.2) is 18.2 Å². The lowest BCUT2D eigenvalue weighted by molar-refractivity contribution is -0.148. The standard InChI is InChI=1S/C14H14N2O4S/c1-9(16)10(7-15)12(18)8-20-14(19)5-4-11(17)13-3-2-6-21-13/h2-3,6,10,16H,4-5,8H2,1H3. The molecule has 1 aromatic rings. The lowest BCUT2D eigenvalue weighted by Gasteiger charge is -2.07. The SMILES string of the molecule is CC(=N)C(C#N)C(=O)COC(=O)CCC(=O)c1cccs1. The number of rotatable bonds is 8. The van der Waals surface area contributed by atoms with Gasteiger partial charge < -0.3 is 10.1 Å². The summed E-state index contributed by atoms with van der Waals surface area (Å²) in [5, 5.41) is 17.7. The fourth-order valence-corrected chi connectivity index (χ4v) is 2.19. The summed E-state index contributed by atoms with van der Waals surface area (Å²) < 4.78 is 4.72. The van der Waals surface area contributed by atoms with Crippen LogP contribution in [0.1, 0.15) is 29.4 Å². The van der Waals surface area contributed by atoms with E-state index in [1.807, 2.05) is 0 Å². The minimum absolute atomic E-state index is 0.0127. The number of Topliss-reactive ketones (excluding diaryl/α,β-unsaturated/α-hetero) is 2. The Balaban J connectivity index is 2.35. The van der Waals surface area contributed by atoms with Crippen molar-refractivity contribution in [3.05, 3.63) is 22.4 Å². The lowest BCUT2D eigenvalue weighted by atomic mass is 10.0. The van der Waals surface area contributed by atoms with E-state index < -0.39 is 24.3 Å². The second-order valence-corrected chi connectivity index (χ2v) is 5.22. The molecule has 0 fully saturated rings. The predicted molar refractivity (Wildman–Crippen MR) is 76.4 cm³/mol. The molecule has 21 heavy (non-hydrogen) atoms. The van der Waals surface area contributed by atoms with E-state index in [-0.39, 0.29) is 24.3 Å². The third-order valence-electron chi connectivity index (χ3n) is 2.61. The summed E-state index contributed by atoms with van der Waals surface area (Å²) in [6.07, 6.45) is -0.108. The van der Waals surface area contributed by atoms with Crippen molar-refractivity contribution < 1.29 is 19.1 Å². The molecule has 0 aliphatic carbocycles. The van der Waals surface area contributed by atoms with Gasteiger partial charge in [-0.25, -0.2) is 0 Å². The number of thiophene rings is 1. The van der Waals surface area contributed by atoms with Crippen molar-refractivity contribution in [1.82, 2.24) is 0 Å². The highest BCUT2D eigenvalue weighted by Crippen LogP contribution is 2.12. The number of hydrogen-bond acceptors (Lipinski definition) is 7. The van der Waals surface area contributed by atoms with Gasteiger partial charge in [-0.3, -0.25) is 14.4 Å². The summed E-state index contributed by atoms with van der Waals surface area (Å²) in [5.74, 6) is -2.65. The van der Waals surface area contributed by atoms with Crippen molar-refractivity contribution in [1.29, 1.82) is 10.7 Å². The third-order valence-corrected chi connectivity index (χ3v) is 3.52. The summed E-state index contributed by atoms with van der Waals surface area (Å²) in [6, 6.07) is 5.10. The predicted octanol–water partition coefficient (Wildman–Crippen LogP) is 2.00. The molecule has 0 amide bonds. The number of carbonyl (C=O) groups is 3. The number of hydrogen-bond donors (Lipinski definition) is 1. The van der Waals surface area contributed by atoms with Gasteiger partial charge in [-0.2, -0.15) is 5.26 Å². The molecule has 1 atom stereocenters. The molecule has 0 saturated carbocycles. The first kappa shape index (κ1) is 16.7. The topological polar surface area (TPSA) is 108 Å². The molecule has 0 radical (unpaired) electrons. The molecule has 0 aliphatic heterocycles. The average molecular weight is 306 g/mol. The maximum absolute atomic E-state index is 11.7. The van der Waals surface area contributed by atoms with E-state index in [1.165, 1.54) is 18.3 Å². The number of ketones is 2. The molecular weight excluding hydrogens is 292 g/mol. The second kappa shape index (κ2) is 8.07. The van der Waals surface area contributed by atoms with Crippen LogP contribution < -0.4 is 0 Å². The van der Waals surface area contributed by atoms with E-state index >= 15 is 0 Å². The molecule has 0 spiro atoms. The van der Waals surface area contributed by atoms with Crippen LogP contribution in [0.25, 0.3) is 0 Å². The molecule has 0 bridgehead atoms. The Morgan fingerprint density at radius 1 is 1.43 bits per heavy atom. The van der Waals surface area contributed by atoms with Gasteiger partial charge in [-0.15, -0.1) is 11.3 Å². The van der Waals surface area contributed by atoms with Gasteiger partial charge in [0.05, 0.1) is 17.4 Å². The highest BCUT2D eigenvalue weighted by atomic mass is 32.1. The molecule has 0 aliphatic rings. The molecule has 110 valence electrons. The molecule has 1 aromatic heterocycles. The van der Waals surface area contributed by atoms with Crippen LogP contribution in [0.4, 0.5) is 0 Å². The smallest absolute Gasteiger partial charge is 0.306 e. The zero-order chi connectivity index (χ0) is 15.8. The summed E-state index contributed by atoms with van der Waals surface area (Å²) >= 11 is 1.30. The molecule has 6 nitrogen and oxygen atoms in total. The number of nitrogens with one attached hydrogen (secondary N) is 1. The van der Waals surface area contributed by atoms with Gasteiger partial charge >= 0.3 is 5.97 Å². The van der Waals surface area contributed by atoms with Crippen LogP contribution in [-0.4, -0.2) is 29.9 Å². The van der Waals surface area contributed by atoms with Crippen LogP contribution in [0.5, 0.6) is 0 Å². The largest absolute Gasteiger partial charge is 0.458 e. The van der Waals surface area contributed by atoms with E-state index in [0.717, 1.165) is 0 Å². The highest BCUT2D eigenvalue weighted by molar-refractivity contribution is 7.12. The Hall–Kier alpha value is -2.33. The first-order valence-electron chi connectivity index (χ1n) is 6.15. The van der Waals surface area contributed by atoms with Crippen molar-refractivity contribution in [3.8, 4) is 6.07 Å². The van der Waals surface area contributed by atoms with E-state index in [9.17, 15) is 14.4 Å². The van der Waals surface area contributed by atoms with Crippen molar-refractivity contribution in [3.63, 3.8) is 0 Å². The Bertz CT molecular complexity index is 587. The van der Waals surface area contributed by atoms with Crippen LogP contribution in [0.15, 0.2) is 17.5 Å². The Morgan fingerprint density at radius 2 is 2.14 bits per heavy atom. The zero-order valence-corrected chi connectivity index (χ0v) is 12.2. The minimum atomic E-state index is -1.19. The van der Waals surface area contributed by atoms with Crippen LogP contribution in [0.2, 0.25) is 0 Å². The Labute approximate surface area is 125 Å². The first-order valence-corrected chi connectivity index (χ1v) is 7.03. The molecular formula is C14H14N2O4S. The van der Waals surface area contributed by atoms with Gasteiger partial charge in [-0.1, -0.05) is 6.07 Å². The van der Waals surface area contributed by atoms with Gasteiger partial charge in [0.2, 0.25) is 0 Å². The first-order chi connectivity index (χ1) is 9.95. The molecule has 1 unspecified atom stereocenters. The van der Waals surface area contributed by atoms with E-state index in [1.54, 1.807) is 23.6 Å². The van der Waals surface area contributed by atoms with Gasteiger partial charge in [0.25, 0.3) is 0 Å². The lowest BCUT2D eigenvalue weighted by Crippen LogP contribution is -2.25. The summed E-state index contributed by atoms with van der Waals surface area (Å²) in [6.45, 7) is 0.785. The van der Waals surface area contributed by atoms with E-state index in [2.05, 4.69) is 0 Å². The number of nitrogens with zero attached hydrogens (tertiary/aromatic N) is 1. The summed E-state index contributed by atoms with van der Waals surface area (Å²) in [5.41, 5.74) is -0.0913. The fraction of sp³-hybridized carbons (Fsp3) is 0.357. The molecule has 0 aromatic carbocycles. The molecule has 1 N–H and O–H groups in total. The Kier molecular flexibility index (Phi) is 6.43. The van der Waals surface area contributed by atoms with Crippen LogP contribution in [-0.2, 0) is 14.3 Å². The molecule has 1 heterocycles. The highest BCUT2D eigenvalue weighted by Gasteiger charge is 2.21. The average Bonchev–Trinajstić information content (AvgIpc) is 2.97. The van der Waals surface area contributed by atoms with Crippen molar-refractivity contribution in [2.45, 2.75) is 19.8 Å². The molecule has 7 heteroatoms. The fourth-order valence-electron chi connectivity index (χ4n) is 1.49. The zero-order valence-electron chi connectivity index (χ0n) is 11.4. The van der Waals surface area contributed by atoms with Crippen molar-refractivity contribution in [2.75, 3.05) is 6.61 Å². The van der Waals surface area contributed by atoms with Gasteiger partial charge in [-0.05, 0) is 18.4 Å². The van der Waals surface area contributed by atoms with Crippen molar-refractivity contribution in [2.24, 2.45) is 5.92 Å². The number of carbonyl (C=O) groups excluding carboxylic acids is 3. The number of nitriles is 1. The van der Waals surface area contributed by atoms with Crippen LogP contribution in [0, 0.1) is 22.7 Å². The van der Waals surface area contributed by atoms with Crippen molar-refractivity contribution >= 4 is 34.6 Å². The summed E-state index contributed by atoms with van der Waals surface area (Å²) in [7, 11) is 0. The van der Waals surface area contributed by atoms with Crippen LogP contribution >= 0.6 is 11.3 Å². The van der Waals surface area contributed by atoms with Gasteiger partial charge in [0.1, 0.15) is 5.92 Å². The molecule has 1 rings (SSSR count). The molecule has 0 saturated heterocycles. The monoisotopic (exact) mass is 306 g/mol.